The van der Waals surface area contributed by atoms with E-state index in [-0.39, 0.29) is 12.1 Å². The smallest absolute Gasteiger partial charge is 0.223 e. The Morgan fingerprint density at radius 1 is 1.50 bits per heavy atom. The van der Waals surface area contributed by atoms with Crippen molar-refractivity contribution in [1.82, 2.24) is 9.97 Å². The summed E-state index contributed by atoms with van der Waals surface area (Å²) in [6.45, 7) is 0.782. The Morgan fingerprint density at radius 2 is 2.31 bits per heavy atom. The molecule has 0 amide bonds. The molecule has 2 atom stereocenters. The van der Waals surface area contributed by atoms with Crippen molar-refractivity contribution >= 4 is 23.4 Å². The van der Waals surface area contributed by atoms with Crippen molar-refractivity contribution in [2.45, 2.75) is 25.4 Å². The first kappa shape index (κ1) is 11.4. The number of nitrogen functional groups attached to an aromatic ring is 1. The lowest BCUT2D eigenvalue weighted by Crippen LogP contribution is -2.14. The van der Waals surface area contributed by atoms with Crippen LogP contribution < -0.4 is 11.1 Å². The van der Waals surface area contributed by atoms with Gasteiger partial charge < -0.3 is 16.2 Å². The Bertz CT molecular complexity index is 354. The maximum atomic E-state index is 9.39. The molecule has 1 aliphatic carbocycles. The van der Waals surface area contributed by atoms with E-state index in [1.54, 1.807) is 6.07 Å². The Kier molecular flexibility index (Phi) is 3.46. The number of hydrogen-bond donors (Lipinski definition) is 3. The molecule has 5 nitrogen and oxygen atoms in total. The molecule has 0 aromatic carbocycles. The lowest BCUT2D eigenvalue weighted by Gasteiger charge is -2.11. The maximum Gasteiger partial charge on any atom is 0.223 e. The molecular weight excluding hydrogens is 228 g/mol. The molecule has 2 unspecified atom stereocenters. The van der Waals surface area contributed by atoms with Crippen LogP contribution in [-0.2, 0) is 0 Å². The molecule has 4 N–H and O–H groups in total. The number of aromatic nitrogens is 2. The molecule has 16 heavy (non-hydrogen) atoms. The minimum Gasteiger partial charge on any atom is -0.393 e. The Labute approximate surface area is 99.0 Å². The molecule has 88 valence electrons. The predicted molar refractivity (Wildman–Crippen MR) is 63.3 cm³/mol. The van der Waals surface area contributed by atoms with Crippen LogP contribution in [0, 0.1) is 5.92 Å². The van der Waals surface area contributed by atoms with Gasteiger partial charge in [-0.3, -0.25) is 0 Å². The molecule has 0 aliphatic heterocycles. The summed E-state index contributed by atoms with van der Waals surface area (Å²) in [5, 5.41) is 12.9. The summed E-state index contributed by atoms with van der Waals surface area (Å²) in [5.74, 6) is 1.30. The quantitative estimate of drug-likeness (QED) is 0.696. The number of nitrogens with one attached hydrogen (secondary N) is 1. The van der Waals surface area contributed by atoms with Crippen LogP contribution >= 0.6 is 11.6 Å². The van der Waals surface area contributed by atoms with Crippen LogP contribution in [-0.4, -0.2) is 27.7 Å². The van der Waals surface area contributed by atoms with Crippen LogP contribution in [0.5, 0.6) is 0 Å². The summed E-state index contributed by atoms with van der Waals surface area (Å²) < 4.78 is 0. The normalized spacial score (nSPS) is 24.6. The Hall–Kier alpha value is -1.07. The predicted octanol–water partition coefficient (Wildman–Crippen LogP) is 1.29. The van der Waals surface area contributed by atoms with Crippen molar-refractivity contribution in [3.05, 3.63) is 11.2 Å². The first-order valence-corrected chi connectivity index (χ1v) is 5.73. The monoisotopic (exact) mass is 242 g/mol. The van der Waals surface area contributed by atoms with Crippen LogP contribution in [0.15, 0.2) is 6.07 Å². The molecule has 0 radical (unpaired) electrons. The number of aliphatic hydroxyl groups is 1. The molecule has 1 heterocycles. The lowest BCUT2D eigenvalue weighted by atomic mass is 10.1. The third-order valence-corrected chi connectivity index (χ3v) is 2.99. The van der Waals surface area contributed by atoms with Gasteiger partial charge in [0.1, 0.15) is 11.0 Å². The molecular formula is C10H15ClN4O. The van der Waals surface area contributed by atoms with E-state index in [0.29, 0.717) is 16.9 Å². The van der Waals surface area contributed by atoms with E-state index in [1.165, 1.54) is 0 Å². The van der Waals surface area contributed by atoms with Gasteiger partial charge >= 0.3 is 0 Å². The van der Waals surface area contributed by atoms with Crippen molar-refractivity contribution in [1.29, 1.82) is 0 Å². The van der Waals surface area contributed by atoms with Crippen LogP contribution in [0.25, 0.3) is 0 Å². The number of aliphatic hydroxyl groups excluding tert-OH is 1. The second-order valence-electron chi connectivity index (χ2n) is 4.15. The SMILES string of the molecule is Nc1nc(Cl)cc(NCC2CCC(O)C2)n1. The van der Waals surface area contributed by atoms with Gasteiger partial charge in [0.25, 0.3) is 0 Å². The summed E-state index contributed by atoms with van der Waals surface area (Å²) in [5.41, 5.74) is 5.48. The van der Waals surface area contributed by atoms with Gasteiger partial charge in [-0.05, 0) is 25.2 Å². The molecule has 1 saturated carbocycles. The third-order valence-electron chi connectivity index (χ3n) is 2.80. The van der Waals surface area contributed by atoms with Gasteiger partial charge in [-0.15, -0.1) is 0 Å². The minimum absolute atomic E-state index is 0.147. The number of halogens is 1. The van der Waals surface area contributed by atoms with E-state index in [2.05, 4.69) is 15.3 Å². The highest BCUT2D eigenvalue weighted by Crippen LogP contribution is 2.25. The Balaban J connectivity index is 1.89. The van der Waals surface area contributed by atoms with Crippen molar-refractivity contribution in [2.24, 2.45) is 5.92 Å². The van der Waals surface area contributed by atoms with Gasteiger partial charge in [-0.2, -0.15) is 4.98 Å². The zero-order valence-corrected chi connectivity index (χ0v) is 9.61. The fourth-order valence-electron chi connectivity index (χ4n) is 2.01. The minimum atomic E-state index is -0.147. The standard InChI is InChI=1S/C10H15ClN4O/c11-8-4-9(15-10(12)14-8)13-5-6-1-2-7(16)3-6/h4,6-7,16H,1-3,5H2,(H3,12,13,14,15). The van der Waals surface area contributed by atoms with E-state index in [0.717, 1.165) is 25.8 Å². The average Bonchev–Trinajstić information content (AvgIpc) is 2.60. The molecule has 0 bridgehead atoms. The molecule has 1 fully saturated rings. The van der Waals surface area contributed by atoms with Crippen LogP contribution in [0.4, 0.5) is 11.8 Å². The highest BCUT2D eigenvalue weighted by Gasteiger charge is 2.22. The van der Waals surface area contributed by atoms with E-state index < -0.39 is 0 Å². The van der Waals surface area contributed by atoms with E-state index in [9.17, 15) is 5.11 Å². The van der Waals surface area contributed by atoms with E-state index in [1.807, 2.05) is 0 Å². The third kappa shape index (κ3) is 2.96. The number of anilines is 2. The fraction of sp³-hybridized carbons (Fsp3) is 0.600. The van der Waals surface area contributed by atoms with Gasteiger partial charge in [0.2, 0.25) is 5.95 Å². The zero-order chi connectivity index (χ0) is 11.5. The number of rotatable bonds is 3. The number of nitrogens with two attached hydrogens (primary N) is 1. The second kappa shape index (κ2) is 4.84. The van der Waals surface area contributed by atoms with Gasteiger partial charge in [-0.25, -0.2) is 4.98 Å². The molecule has 0 saturated heterocycles. The van der Waals surface area contributed by atoms with Gasteiger partial charge in [0.05, 0.1) is 6.10 Å². The number of hydrogen-bond acceptors (Lipinski definition) is 5. The topological polar surface area (TPSA) is 84.1 Å². The Morgan fingerprint density at radius 3 is 2.94 bits per heavy atom. The fourth-order valence-corrected chi connectivity index (χ4v) is 2.20. The first-order valence-electron chi connectivity index (χ1n) is 5.35. The molecule has 2 rings (SSSR count). The van der Waals surface area contributed by atoms with Crippen molar-refractivity contribution < 1.29 is 5.11 Å². The summed E-state index contributed by atoms with van der Waals surface area (Å²) in [6.07, 6.45) is 2.63. The van der Waals surface area contributed by atoms with Crippen molar-refractivity contribution in [2.75, 3.05) is 17.6 Å². The largest absolute Gasteiger partial charge is 0.393 e. The molecule has 1 aromatic rings. The molecule has 0 spiro atoms. The van der Waals surface area contributed by atoms with Gasteiger partial charge in [0.15, 0.2) is 0 Å². The molecule has 1 aliphatic rings. The maximum absolute atomic E-state index is 9.39. The van der Waals surface area contributed by atoms with Gasteiger partial charge in [-0.1, -0.05) is 11.6 Å². The van der Waals surface area contributed by atoms with Crippen molar-refractivity contribution in [3.8, 4) is 0 Å². The summed E-state index contributed by atoms with van der Waals surface area (Å²) in [7, 11) is 0. The average molecular weight is 243 g/mol. The summed E-state index contributed by atoms with van der Waals surface area (Å²) >= 11 is 5.76. The number of nitrogens with zero attached hydrogens (tertiary/aromatic N) is 2. The zero-order valence-electron chi connectivity index (χ0n) is 8.86. The van der Waals surface area contributed by atoms with E-state index in [4.69, 9.17) is 17.3 Å². The summed E-state index contributed by atoms with van der Waals surface area (Å²) in [4.78, 5) is 7.80. The highest BCUT2D eigenvalue weighted by molar-refractivity contribution is 6.29. The van der Waals surface area contributed by atoms with E-state index >= 15 is 0 Å². The molecule has 6 heteroatoms. The lowest BCUT2D eigenvalue weighted by molar-refractivity contribution is 0.178. The summed E-state index contributed by atoms with van der Waals surface area (Å²) in [6, 6.07) is 1.64. The van der Waals surface area contributed by atoms with Crippen molar-refractivity contribution in [3.63, 3.8) is 0 Å². The molecule has 1 aromatic heterocycles. The second-order valence-corrected chi connectivity index (χ2v) is 4.54. The van der Waals surface area contributed by atoms with Gasteiger partial charge in [0, 0.05) is 12.6 Å². The van der Waals surface area contributed by atoms with Crippen LogP contribution in [0.2, 0.25) is 5.15 Å². The first-order chi connectivity index (χ1) is 7.63. The van der Waals surface area contributed by atoms with Crippen LogP contribution in [0.1, 0.15) is 19.3 Å². The highest BCUT2D eigenvalue weighted by atomic mass is 35.5. The van der Waals surface area contributed by atoms with Crippen LogP contribution in [0.3, 0.4) is 0 Å².